The third-order valence-corrected chi connectivity index (χ3v) is 6.37. The van der Waals surface area contributed by atoms with Crippen molar-refractivity contribution in [1.29, 1.82) is 0 Å². The predicted octanol–water partition coefficient (Wildman–Crippen LogP) is 3.89. The molecule has 0 aliphatic heterocycles. The van der Waals surface area contributed by atoms with Crippen LogP contribution in [0.3, 0.4) is 0 Å². The zero-order valence-corrected chi connectivity index (χ0v) is 18.1. The van der Waals surface area contributed by atoms with Crippen molar-refractivity contribution in [3.8, 4) is 5.75 Å². The minimum Gasteiger partial charge on any atom is -0.492 e. The van der Waals surface area contributed by atoms with Crippen LogP contribution >= 0.6 is 23.2 Å². The molecule has 0 aromatic heterocycles. The van der Waals surface area contributed by atoms with Crippen LogP contribution < -0.4 is 10.1 Å². The number of nitrogens with zero attached hydrogens (tertiary/aromatic N) is 1. The van der Waals surface area contributed by atoms with Gasteiger partial charge >= 0.3 is 0 Å². The average molecular weight is 445 g/mol. The smallest absolute Gasteiger partial charge is 0.243 e. The minimum absolute atomic E-state index is 0.0120. The summed E-state index contributed by atoms with van der Waals surface area (Å²) in [6, 6.07) is 11.0. The maximum atomic E-state index is 12.7. The molecular formula is C19H22Cl2N2O4S. The van der Waals surface area contributed by atoms with E-state index in [2.05, 4.69) is 5.32 Å². The van der Waals surface area contributed by atoms with Gasteiger partial charge in [0.15, 0.2) is 0 Å². The second-order valence-electron chi connectivity index (χ2n) is 6.13. The molecule has 1 atom stereocenters. The first-order valence-corrected chi connectivity index (χ1v) is 10.8. The summed E-state index contributed by atoms with van der Waals surface area (Å²) < 4.78 is 31.7. The number of nitrogens with one attached hydrogen (secondary N) is 1. The molecular weight excluding hydrogens is 423 g/mol. The van der Waals surface area contributed by atoms with Gasteiger partial charge in [-0.3, -0.25) is 4.79 Å². The van der Waals surface area contributed by atoms with Crippen LogP contribution in [0.15, 0.2) is 47.4 Å². The molecule has 9 heteroatoms. The summed E-state index contributed by atoms with van der Waals surface area (Å²) in [7, 11) is -2.54. The first kappa shape index (κ1) is 22.5. The molecule has 1 amide bonds. The number of ether oxygens (including phenoxy) is 1. The van der Waals surface area contributed by atoms with Crippen LogP contribution in [0.5, 0.6) is 5.75 Å². The number of carbonyl (C=O) groups is 1. The van der Waals surface area contributed by atoms with E-state index in [1.165, 1.54) is 25.2 Å². The van der Waals surface area contributed by atoms with Gasteiger partial charge in [-0.1, -0.05) is 35.3 Å². The molecule has 6 nitrogen and oxygen atoms in total. The van der Waals surface area contributed by atoms with E-state index in [1.807, 2.05) is 6.92 Å². The van der Waals surface area contributed by atoms with Gasteiger partial charge in [-0.25, -0.2) is 8.42 Å². The van der Waals surface area contributed by atoms with E-state index in [-0.39, 0.29) is 22.5 Å². The maximum Gasteiger partial charge on any atom is 0.243 e. The fourth-order valence-electron chi connectivity index (χ4n) is 2.50. The lowest BCUT2D eigenvalue weighted by molar-refractivity contribution is -0.121. The second-order valence-corrected chi connectivity index (χ2v) is 9.02. The van der Waals surface area contributed by atoms with Gasteiger partial charge in [-0.2, -0.15) is 4.31 Å². The van der Waals surface area contributed by atoms with Gasteiger partial charge in [-0.05, 0) is 49.7 Å². The standard InChI is InChI=1S/C19H22Cl2N2O4S/c1-4-27-18-10-9-16(11-17(18)21)28(25,26)23(3)12-19(24)22-13(2)14-5-7-15(20)8-6-14/h5-11,13H,4,12H2,1-3H3,(H,22,24)/t13-/m1/s1. The number of hydrogen-bond acceptors (Lipinski definition) is 4. The van der Waals surface area contributed by atoms with Gasteiger partial charge in [0, 0.05) is 12.1 Å². The average Bonchev–Trinajstić information content (AvgIpc) is 2.63. The van der Waals surface area contributed by atoms with E-state index in [9.17, 15) is 13.2 Å². The quantitative estimate of drug-likeness (QED) is 0.669. The fraction of sp³-hybridized carbons (Fsp3) is 0.316. The van der Waals surface area contributed by atoms with Gasteiger partial charge in [0.05, 0.1) is 29.1 Å². The minimum atomic E-state index is -3.88. The molecule has 0 spiro atoms. The summed E-state index contributed by atoms with van der Waals surface area (Å²) >= 11 is 11.9. The summed E-state index contributed by atoms with van der Waals surface area (Å²) in [4.78, 5) is 12.3. The zero-order chi connectivity index (χ0) is 20.9. The molecule has 0 saturated carbocycles. The molecule has 0 unspecified atom stereocenters. The summed E-state index contributed by atoms with van der Waals surface area (Å²) in [5.74, 6) is -0.0224. The van der Waals surface area contributed by atoms with Gasteiger partial charge < -0.3 is 10.1 Å². The number of amides is 1. The zero-order valence-electron chi connectivity index (χ0n) is 15.8. The molecule has 2 rings (SSSR count). The second kappa shape index (κ2) is 9.60. The van der Waals surface area contributed by atoms with Crippen molar-refractivity contribution in [3.05, 3.63) is 58.1 Å². The Kier molecular flexibility index (Phi) is 7.71. The van der Waals surface area contributed by atoms with E-state index in [1.54, 1.807) is 31.2 Å². The highest BCUT2D eigenvalue weighted by atomic mass is 35.5. The Bertz CT molecular complexity index is 933. The Morgan fingerprint density at radius 1 is 1.18 bits per heavy atom. The van der Waals surface area contributed by atoms with Crippen LogP contribution in [-0.4, -0.2) is 38.8 Å². The SMILES string of the molecule is CCOc1ccc(S(=O)(=O)N(C)CC(=O)N[C@H](C)c2ccc(Cl)cc2)cc1Cl. The van der Waals surface area contributed by atoms with Crippen LogP contribution in [0.25, 0.3) is 0 Å². The Morgan fingerprint density at radius 3 is 2.39 bits per heavy atom. The molecule has 2 aromatic rings. The summed E-state index contributed by atoms with van der Waals surface area (Å²) in [6.07, 6.45) is 0. The lowest BCUT2D eigenvalue weighted by Gasteiger charge is -2.20. The molecule has 0 bridgehead atoms. The summed E-state index contributed by atoms with van der Waals surface area (Å²) in [5.41, 5.74) is 0.863. The predicted molar refractivity (Wildman–Crippen MR) is 110 cm³/mol. The molecule has 2 aromatic carbocycles. The van der Waals surface area contributed by atoms with Crippen molar-refractivity contribution >= 4 is 39.1 Å². The van der Waals surface area contributed by atoms with Gasteiger partial charge in [0.1, 0.15) is 5.75 Å². The molecule has 0 radical (unpaired) electrons. The number of rotatable bonds is 8. The van der Waals surface area contributed by atoms with Gasteiger partial charge in [0.2, 0.25) is 15.9 Å². The van der Waals surface area contributed by atoms with Crippen LogP contribution in [0.4, 0.5) is 0 Å². The number of halogens is 2. The summed E-state index contributed by atoms with van der Waals surface area (Å²) in [5, 5.41) is 3.56. The lowest BCUT2D eigenvalue weighted by atomic mass is 10.1. The Hall–Kier alpha value is -1.80. The lowest BCUT2D eigenvalue weighted by Crippen LogP contribution is -2.39. The normalized spacial score (nSPS) is 12.6. The highest BCUT2D eigenvalue weighted by molar-refractivity contribution is 7.89. The highest BCUT2D eigenvalue weighted by Gasteiger charge is 2.24. The van der Waals surface area contributed by atoms with Crippen LogP contribution in [0.1, 0.15) is 25.5 Å². The third-order valence-electron chi connectivity index (χ3n) is 4.03. The van der Waals surface area contributed by atoms with E-state index in [0.717, 1.165) is 9.87 Å². The fourth-order valence-corrected chi connectivity index (χ4v) is 4.08. The molecule has 0 saturated heterocycles. The molecule has 0 aliphatic carbocycles. The Morgan fingerprint density at radius 2 is 1.82 bits per heavy atom. The van der Waals surface area contributed by atoms with Crippen LogP contribution in [0.2, 0.25) is 10.0 Å². The highest BCUT2D eigenvalue weighted by Crippen LogP contribution is 2.28. The van der Waals surface area contributed by atoms with Gasteiger partial charge in [-0.15, -0.1) is 0 Å². The third kappa shape index (κ3) is 5.61. The Labute approximate surface area is 175 Å². The first-order chi connectivity index (χ1) is 13.1. The number of sulfonamides is 1. The monoisotopic (exact) mass is 444 g/mol. The molecule has 1 N–H and O–H groups in total. The topological polar surface area (TPSA) is 75.7 Å². The molecule has 28 heavy (non-hydrogen) atoms. The van der Waals surface area contributed by atoms with Crippen LogP contribution in [0, 0.1) is 0 Å². The van der Waals surface area contributed by atoms with Crippen molar-refractivity contribution in [2.75, 3.05) is 20.2 Å². The maximum absolute atomic E-state index is 12.7. The van der Waals surface area contributed by atoms with E-state index in [4.69, 9.17) is 27.9 Å². The molecule has 0 fully saturated rings. The van der Waals surface area contributed by atoms with E-state index < -0.39 is 15.9 Å². The Balaban J connectivity index is 2.05. The molecule has 0 heterocycles. The number of benzene rings is 2. The van der Waals surface area contributed by atoms with Crippen LogP contribution in [-0.2, 0) is 14.8 Å². The van der Waals surface area contributed by atoms with Gasteiger partial charge in [0.25, 0.3) is 0 Å². The summed E-state index contributed by atoms with van der Waals surface area (Å²) in [6.45, 7) is 3.70. The largest absolute Gasteiger partial charge is 0.492 e. The number of likely N-dealkylation sites (N-methyl/N-ethyl adjacent to an activating group) is 1. The van der Waals surface area contributed by atoms with Crippen molar-refractivity contribution in [2.24, 2.45) is 0 Å². The van der Waals surface area contributed by atoms with Crippen molar-refractivity contribution in [1.82, 2.24) is 9.62 Å². The van der Waals surface area contributed by atoms with Crippen molar-refractivity contribution in [2.45, 2.75) is 24.8 Å². The van der Waals surface area contributed by atoms with E-state index in [0.29, 0.717) is 17.4 Å². The number of carbonyl (C=O) groups excluding carboxylic acids is 1. The van der Waals surface area contributed by atoms with E-state index >= 15 is 0 Å². The van der Waals surface area contributed by atoms with Crippen molar-refractivity contribution in [3.63, 3.8) is 0 Å². The first-order valence-electron chi connectivity index (χ1n) is 8.58. The molecule has 0 aliphatic rings. The number of hydrogen-bond donors (Lipinski definition) is 1. The molecule has 152 valence electrons. The van der Waals surface area contributed by atoms with Crippen molar-refractivity contribution < 1.29 is 17.9 Å².